The highest BCUT2D eigenvalue weighted by Gasteiger charge is 2.16. The maximum atomic E-state index is 6.17. The van der Waals surface area contributed by atoms with E-state index in [1.165, 1.54) is 0 Å². The Balaban J connectivity index is 2.18. The van der Waals surface area contributed by atoms with Gasteiger partial charge in [0, 0.05) is 17.5 Å². The third-order valence-electron chi connectivity index (χ3n) is 3.37. The molecule has 0 bridgehead atoms. The highest BCUT2D eigenvalue weighted by molar-refractivity contribution is 6.34. The second-order valence-corrected chi connectivity index (χ2v) is 5.11. The molecule has 0 saturated carbocycles. The SMILES string of the molecule is CCNc1ncnc(-c2cc3cccc(Cl)c3o2)c1CC. The van der Waals surface area contributed by atoms with Gasteiger partial charge in [0.1, 0.15) is 17.8 Å². The fourth-order valence-electron chi connectivity index (χ4n) is 2.42. The van der Waals surface area contributed by atoms with Crippen molar-refractivity contribution >= 4 is 28.4 Å². The summed E-state index contributed by atoms with van der Waals surface area (Å²) in [6, 6.07) is 7.68. The fourth-order valence-corrected chi connectivity index (χ4v) is 2.64. The molecule has 0 atom stereocenters. The minimum absolute atomic E-state index is 0.609. The molecule has 2 heterocycles. The minimum Gasteiger partial charge on any atom is -0.453 e. The second kappa shape index (κ2) is 5.74. The number of fused-ring (bicyclic) bond motifs is 1. The number of rotatable bonds is 4. The predicted molar refractivity (Wildman–Crippen MR) is 85.8 cm³/mol. The Morgan fingerprint density at radius 2 is 2.10 bits per heavy atom. The Labute approximate surface area is 128 Å². The molecule has 0 amide bonds. The van der Waals surface area contributed by atoms with Gasteiger partial charge in [0.15, 0.2) is 11.3 Å². The molecule has 0 aliphatic carbocycles. The summed E-state index contributed by atoms with van der Waals surface area (Å²) in [5.41, 5.74) is 2.56. The van der Waals surface area contributed by atoms with Crippen molar-refractivity contribution in [2.24, 2.45) is 0 Å². The summed E-state index contributed by atoms with van der Waals surface area (Å²) in [4.78, 5) is 8.71. The van der Waals surface area contributed by atoms with E-state index in [4.69, 9.17) is 16.0 Å². The van der Waals surface area contributed by atoms with Crippen LogP contribution in [0.5, 0.6) is 0 Å². The van der Waals surface area contributed by atoms with Gasteiger partial charge in [0.2, 0.25) is 0 Å². The van der Waals surface area contributed by atoms with Crippen LogP contribution in [-0.2, 0) is 6.42 Å². The molecule has 0 unspecified atom stereocenters. The fraction of sp³-hybridized carbons (Fsp3) is 0.250. The van der Waals surface area contributed by atoms with E-state index < -0.39 is 0 Å². The Morgan fingerprint density at radius 1 is 1.24 bits per heavy atom. The molecule has 0 saturated heterocycles. The average Bonchev–Trinajstić information content (AvgIpc) is 2.93. The number of anilines is 1. The van der Waals surface area contributed by atoms with Crippen LogP contribution in [-0.4, -0.2) is 16.5 Å². The van der Waals surface area contributed by atoms with Crippen molar-refractivity contribution in [2.75, 3.05) is 11.9 Å². The van der Waals surface area contributed by atoms with Gasteiger partial charge in [-0.15, -0.1) is 0 Å². The first-order valence-corrected chi connectivity index (χ1v) is 7.38. The van der Waals surface area contributed by atoms with Gasteiger partial charge in [-0.05, 0) is 25.5 Å². The largest absolute Gasteiger partial charge is 0.453 e. The van der Waals surface area contributed by atoms with Crippen LogP contribution in [0.15, 0.2) is 35.0 Å². The maximum absolute atomic E-state index is 6.17. The van der Waals surface area contributed by atoms with Crippen LogP contribution in [0.2, 0.25) is 5.02 Å². The lowest BCUT2D eigenvalue weighted by atomic mass is 10.1. The summed E-state index contributed by atoms with van der Waals surface area (Å²) < 4.78 is 5.91. The predicted octanol–water partition coefficient (Wildman–Crippen LogP) is 4.54. The van der Waals surface area contributed by atoms with Gasteiger partial charge in [-0.1, -0.05) is 30.7 Å². The third kappa shape index (κ3) is 2.47. The molecule has 1 aromatic carbocycles. The van der Waals surface area contributed by atoms with E-state index in [1.54, 1.807) is 6.33 Å². The number of aromatic nitrogens is 2. The highest BCUT2D eigenvalue weighted by Crippen LogP contribution is 2.33. The molecular weight excluding hydrogens is 286 g/mol. The van der Waals surface area contributed by atoms with Gasteiger partial charge < -0.3 is 9.73 Å². The number of benzene rings is 1. The van der Waals surface area contributed by atoms with Crippen LogP contribution < -0.4 is 5.32 Å². The molecular formula is C16H16ClN3O. The maximum Gasteiger partial charge on any atom is 0.154 e. The van der Waals surface area contributed by atoms with Crippen molar-refractivity contribution in [3.05, 3.63) is 41.2 Å². The van der Waals surface area contributed by atoms with Crippen LogP contribution in [0, 0.1) is 0 Å². The molecule has 4 nitrogen and oxygen atoms in total. The summed E-state index contributed by atoms with van der Waals surface area (Å²) in [5.74, 6) is 1.58. The highest BCUT2D eigenvalue weighted by atomic mass is 35.5. The first kappa shape index (κ1) is 13.9. The Kier molecular flexibility index (Phi) is 3.80. The molecule has 2 aromatic heterocycles. The van der Waals surface area contributed by atoms with E-state index in [-0.39, 0.29) is 0 Å². The van der Waals surface area contributed by atoms with Crippen molar-refractivity contribution in [1.29, 1.82) is 0 Å². The molecule has 0 aliphatic heterocycles. The number of para-hydroxylation sites is 1. The normalized spacial score (nSPS) is 11.0. The summed E-state index contributed by atoms with van der Waals surface area (Å²) in [5, 5.41) is 4.85. The zero-order chi connectivity index (χ0) is 14.8. The topological polar surface area (TPSA) is 51.0 Å². The first-order valence-electron chi connectivity index (χ1n) is 7.00. The van der Waals surface area contributed by atoms with Crippen LogP contribution >= 0.6 is 11.6 Å². The van der Waals surface area contributed by atoms with Crippen molar-refractivity contribution in [3.8, 4) is 11.5 Å². The molecule has 0 aliphatic rings. The van der Waals surface area contributed by atoms with E-state index in [2.05, 4.69) is 22.2 Å². The van der Waals surface area contributed by atoms with E-state index in [1.807, 2.05) is 31.2 Å². The molecule has 3 rings (SSSR count). The Hall–Kier alpha value is -2.07. The lowest BCUT2D eigenvalue weighted by molar-refractivity contribution is 0.627. The van der Waals surface area contributed by atoms with Crippen molar-refractivity contribution < 1.29 is 4.42 Å². The number of hydrogen-bond donors (Lipinski definition) is 1. The standard InChI is InChI=1S/C16H16ClN3O/c1-3-11-14(19-9-20-16(11)18-4-2)13-8-10-6-5-7-12(17)15(10)21-13/h5-9H,3-4H2,1-2H3,(H,18,19,20). The zero-order valence-electron chi connectivity index (χ0n) is 12.0. The van der Waals surface area contributed by atoms with Gasteiger partial charge in [-0.3, -0.25) is 0 Å². The Morgan fingerprint density at radius 3 is 2.81 bits per heavy atom. The summed E-state index contributed by atoms with van der Waals surface area (Å²) in [7, 11) is 0. The molecule has 1 N–H and O–H groups in total. The van der Waals surface area contributed by atoms with Gasteiger partial charge in [0.05, 0.1) is 5.02 Å². The summed E-state index contributed by atoms with van der Waals surface area (Å²) >= 11 is 6.17. The number of hydrogen-bond acceptors (Lipinski definition) is 4. The summed E-state index contributed by atoms with van der Waals surface area (Å²) in [6.45, 7) is 4.94. The van der Waals surface area contributed by atoms with E-state index in [9.17, 15) is 0 Å². The van der Waals surface area contributed by atoms with Crippen LogP contribution in [0.1, 0.15) is 19.4 Å². The van der Waals surface area contributed by atoms with Crippen LogP contribution in [0.4, 0.5) is 5.82 Å². The molecule has 0 spiro atoms. The minimum atomic E-state index is 0.609. The lowest BCUT2D eigenvalue weighted by Crippen LogP contribution is -2.05. The molecule has 5 heteroatoms. The van der Waals surface area contributed by atoms with Gasteiger partial charge >= 0.3 is 0 Å². The zero-order valence-corrected chi connectivity index (χ0v) is 12.7. The van der Waals surface area contributed by atoms with Gasteiger partial charge in [-0.2, -0.15) is 0 Å². The monoisotopic (exact) mass is 301 g/mol. The number of furan rings is 1. The van der Waals surface area contributed by atoms with Gasteiger partial charge in [0.25, 0.3) is 0 Å². The quantitative estimate of drug-likeness (QED) is 0.769. The molecule has 21 heavy (non-hydrogen) atoms. The lowest BCUT2D eigenvalue weighted by Gasteiger charge is -2.10. The second-order valence-electron chi connectivity index (χ2n) is 4.70. The van der Waals surface area contributed by atoms with Crippen molar-refractivity contribution in [2.45, 2.75) is 20.3 Å². The van der Waals surface area contributed by atoms with Gasteiger partial charge in [-0.25, -0.2) is 9.97 Å². The average molecular weight is 302 g/mol. The number of halogens is 1. The Bertz CT molecular complexity index is 782. The van der Waals surface area contributed by atoms with Crippen molar-refractivity contribution in [1.82, 2.24) is 9.97 Å². The number of nitrogens with one attached hydrogen (secondary N) is 1. The third-order valence-corrected chi connectivity index (χ3v) is 3.67. The van der Waals surface area contributed by atoms with E-state index in [0.717, 1.165) is 41.2 Å². The first-order chi connectivity index (χ1) is 10.2. The van der Waals surface area contributed by atoms with Crippen LogP contribution in [0.25, 0.3) is 22.4 Å². The smallest absolute Gasteiger partial charge is 0.154 e. The van der Waals surface area contributed by atoms with Crippen LogP contribution in [0.3, 0.4) is 0 Å². The summed E-state index contributed by atoms with van der Waals surface area (Å²) in [6.07, 6.45) is 2.38. The molecule has 108 valence electrons. The molecule has 3 aromatic rings. The molecule has 0 fully saturated rings. The number of nitrogens with zero attached hydrogens (tertiary/aromatic N) is 2. The van der Waals surface area contributed by atoms with E-state index >= 15 is 0 Å². The van der Waals surface area contributed by atoms with Crippen molar-refractivity contribution in [3.63, 3.8) is 0 Å². The molecule has 0 radical (unpaired) electrons. The van der Waals surface area contributed by atoms with E-state index in [0.29, 0.717) is 10.6 Å².